The predicted octanol–water partition coefficient (Wildman–Crippen LogP) is 3.65. The first-order chi connectivity index (χ1) is 13.3. The number of carbonyl (C=O) groups excluding carboxylic acids is 2. The fourth-order valence-electron chi connectivity index (χ4n) is 3.50. The number of hydrogen-bond acceptors (Lipinski definition) is 7. The van der Waals surface area contributed by atoms with Crippen LogP contribution in [0.15, 0.2) is 10.4 Å². The van der Waals surface area contributed by atoms with Gasteiger partial charge in [-0.25, -0.2) is 0 Å². The summed E-state index contributed by atoms with van der Waals surface area (Å²) < 4.78 is 8.10. The van der Waals surface area contributed by atoms with Gasteiger partial charge in [0.05, 0.1) is 18.4 Å². The molecule has 0 bridgehead atoms. The number of hydrogen-bond donors (Lipinski definition) is 0. The van der Waals surface area contributed by atoms with E-state index in [-0.39, 0.29) is 23.8 Å². The Hall–Kier alpha value is -1.71. The molecule has 1 atom stereocenters. The van der Waals surface area contributed by atoms with Crippen LogP contribution < -0.4 is 4.90 Å². The molecule has 28 heavy (non-hydrogen) atoms. The number of ketones is 1. The van der Waals surface area contributed by atoms with Gasteiger partial charge in [-0.05, 0) is 39.7 Å². The van der Waals surface area contributed by atoms with Gasteiger partial charge in [0.15, 0.2) is 10.1 Å². The number of ether oxygens (including phenoxy) is 1. The van der Waals surface area contributed by atoms with Crippen molar-refractivity contribution >= 4 is 39.9 Å². The van der Waals surface area contributed by atoms with Gasteiger partial charge in [-0.1, -0.05) is 23.1 Å². The lowest BCUT2D eigenvalue weighted by molar-refractivity contribution is -0.116. The van der Waals surface area contributed by atoms with Gasteiger partial charge in [0.1, 0.15) is 0 Å². The van der Waals surface area contributed by atoms with Crippen LogP contribution in [0.25, 0.3) is 0 Å². The van der Waals surface area contributed by atoms with Crippen LogP contribution in [0.2, 0.25) is 0 Å². The van der Waals surface area contributed by atoms with Gasteiger partial charge in [-0.2, -0.15) is 0 Å². The van der Waals surface area contributed by atoms with E-state index in [9.17, 15) is 9.59 Å². The zero-order chi connectivity index (χ0) is 20.4. The van der Waals surface area contributed by atoms with Crippen LogP contribution in [0.1, 0.15) is 54.5 Å². The molecule has 152 valence electrons. The molecule has 1 saturated carbocycles. The summed E-state index contributed by atoms with van der Waals surface area (Å²) in [7, 11) is 1.68. The third-order valence-electron chi connectivity index (χ3n) is 4.81. The Kier molecular flexibility index (Phi) is 6.57. The van der Waals surface area contributed by atoms with Crippen molar-refractivity contribution in [1.29, 1.82) is 0 Å². The maximum Gasteiger partial charge on any atom is 0.225 e. The number of anilines is 1. The van der Waals surface area contributed by atoms with Crippen molar-refractivity contribution in [3.05, 3.63) is 23.0 Å². The fourth-order valence-corrected chi connectivity index (χ4v) is 5.34. The predicted molar refractivity (Wildman–Crippen MR) is 112 cm³/mol. The molecule has 1 fully saturated rings. The van der Waals surface area contributed by atoms with E-state index >= 15 is 0 Å². The van der Waals surface area contributed by atoms with E-state index in [1.165, 1.54) is 23.1 Å². The summed E-state index contributed by atoms with van der Waals surface area (Å²) in [4.78, 5) is 26.3. The third kappa shape index (κ3) is 4.47. The minimum absolute atomic E-state index is 0.0103. The molecule has 0 aliphatic heterocycles. The van der Waals surface area contributed by atoms with Gasteiger partial charge in [-0.15, -0.1) is 10.2 Å². The molecule has 3 rings (SSSR count). The fraction of sp³-hybridized carbons (Fsp3) is 0.579. The molecule has 7 nitrogen and oxygen atoms in total. The summed E-state index contributed by atoms with van der Waals surface area (Å²) in [5, 5.41) is 8.93. The Morgan fingerprint density at radius 2 is 2.11 bits per heavy atom. The van der Waals surface area contributed by atoms with E-state index < -0.39 is 0 Å². The van der Waals surface area contributed by atoms with Gasteiger partial charge in [0.2, 0.25) is 11.0 Å². The van der Waals surface area contributed by atoms with E-state index in [1.807, 2.05) is 19.9 Å². The molecular formula is C19H26N4O3S2. The number of Topliss-reactive ketones (excluding diaryl/α,β-unsaturated/α-hetero) is 1. The normalized spacial score (nSPS) is 14.9. The quantitative estimate of drug-likeness (QED) is 0.349. The number of thioether (sulfide) groups is 1. The molecule has 2 aromatic rings. The highest BCUT2D eigenvalue weighted by molar-refractivity contribution is 8.01. The smallest absolute Gasteiger partial charge is 0.225 e. The summed E-state index contributed by atoms with van der Waals surface area (Å²) in [6.07, 6.45) is 2.02. The third-order valence-corrected chi connectivity index (χ3v) is 6.87. The Labute approximate surface area is 173 Å². The molecule has 1 aliphatic rings. The second-order valence-corrected chi connectivity index (χ2v) is 9.32. The van der Waals surface area contributed by atoms with Crippen LogP contribution in [-0.4, -0.2) is 52.0 Å². The average molecular weight is 423 g/mol. The summed E-state index contributed by atoms with van der Waals surface area (Å²) in [5.74, 6) is 0.349. The Morgan fingerprint density at radius 3 is 2.71 bits per heavy atom. The van der Waals surface area contributed by atoms with Crippen LogP contribution in [0.5, 0.6) is 0 Å². The Balaban J connectivity index is 1.66. The monoisotopic (exact) mass is 422 g/mol. The highest BCUT2D eigenvalue weighted by Crippen LogP contribution is 2.36. The highest BCUT2D eigenvalue weighted by atomic mass is 32.2. The highest BCUT2D eigenvalue weighted by Gasteiger charge is 2.34. The standard InChI is InChI=1S/C19H26N4O3S2/c1-11-8-16(13(3)22(11)12(2)9-26-5)17(25)10-27-19-21-20-18(28-19)23(14(4)24)15-6-7-15/h8,12,15H,6-7,9-10H2,1-5H3. The van der Waals surface area contributed by atoms with E-state index in [4.69, 9.17) is 4.74 Å². The van der Waals surface area contributed by atoms with E-state index in [2.05, 4.69) is 21.7 Å². The summed E-state index contributed by atoms with van der Waals surface area (Å²) in [6.45, 7) is 8.21. The minimum atomic E-state index is -0.0103. The molecule has 2 aromatic heterocycles. The molecular weight excluding hydrogens is 396 g/mol. The Morgan fingerprint density at radius 1 is 1.39 bits per heavy atom. The van der Waals surface area contributed by atoms with Gasteiger partial charge in [0.25, 0.3) is 0 Å². The van der Waals surface area contributed by atoms with E-state index in [0.29, 0.717) is 21.8 Å². The van der Waals surface area contributed by atoms with Crippen LogP contribution in [-0.2, 0) is 9.53 Å². The molecule has 0 radical (unpaired) electrons. The molecule has 0 aromatic carbocycles. The Bertz CT molecular complexity index is 873. The lowest BCUT2D eigenvalue weighted by Gasteiger charge is -2.17. The topological polar surface area (TPSA) is 77.3 Å². The number of aromatic nitrogens is 3. The molecule has 0 N–H and O–H groups in total. The van der Waals surface area contributed by atoms with Gasteiger partial charge >= 0.3 is 0 Å². The van der Waals surface area contributed by atoms with Gasteiger partial charge in [-0.3, -0.25) is 14.5 Å². The van der Waals surface area contributed by atoms with Crippen LogP contribution in [0, 0.1) is 13.8 Å². The zero-order valence-corrected chi connectivity index (χ0v) is 18.5. The number of amides is 1. The van der Waals surface area contributed by atoms with Crippen LogP contribution in [0.3, 0.4) is 0 Å². The minimum Gasteiger partial charge on any atom is -0.383 e. The zero-order valence-electron chi connectivity index (χ0n) is 16.9. The SMILES string of the molecule is COCC(C)n1c(C)cc(C(=O)CSc2nnc(N(C(C)=O)C3CC3)s2)c1C. The lowest BCUT2D eigenvalue weighted by Crippen LogP contribution is -2.30. The van der Waals surface area contributed by atoms with Crippen molar-refractivity contribution in [2.24, 2.45) is 0 Å². The first-order valence-electron chi connectivity index (χ1n) is 9.30. The van der Waals surface area contributed by atoms with Crippen molar-refractivity contribution in [3.8, 4) is 0 Å². The molecule has 1 aliphatic carbocycles. The molecule has 1 amide bonds. The maximum atomic E-state index is 12.8. The molecule has 1 unspecified atom stereocenters. The summed E-state index contributed by atoms with van der Waals surface area (Å²) in [6, 6.07) is 2.37. The summed E-state index contributed by atoms with van der Waals surface area (Å²) in [5.41, 5.74) is 2.75. The number of carbonyl (C=O) groups is 2. The van der Waals surface area contributed by atoms with Crippen molar-refractivity contribution in [2.75, 3.05) is 24.4 Å². The first kappa shape index (κ1) is 21.0. The van der Waals surface area contributed by atoms with Crippen molar-refractivity contribution in [1.82, 2.24) is 14.8 Å². The van der Waals surface area contributed by atoms with Crippen LogP contribution >= 0.6 is 23.1 Å². The largest absolute Gasteiger partial charge is 0.383 e. The molecule has 2 heterocycles. The number of aryl methyl sites for hydroxylation is 1. The van der Waals surface area contributed by atoms with Gasteiger partial charge in [0, 0.05) is 37.0 Å². The number of methoxy groups -OCH3 is 1. The van der Waals surface area contributed by atoms with Gasteiger partial charge < -0.3 is 9.30 Å². The van der Waals surface area contributed by atoms with E-state index in [1.54, 1.807) is 18.9 Å². The molecule has 0 saturated heterocycles. The van der Waals surface area contributed by atoms with Crippen molar-refractivity contribution in [2.45, 2.75) is 57.0 Å². The molecule has 9 heteroatoms. The number of rotatable bonds is 9. The first-order valence-corrected chi connectivity index (χ1v) is 11.1. The average Bonchev–Trinajstić information content (AvgIpc) is 3.26. The second kappa shape index (κ2) is 8.75. The van der Waals surface area contributed by atoms with Crippen molar-refractivity contribution < 1.29 is 14.3 Å². The maximum absolute atomic E-state index is 12.8. The second-order valence-electron chi connectivity index (χ2n) is 7.14. The van der Waals surface area contributed by atoms with Crippen molar-refractivity contribution in [3.63, 3.8) is 0 Å². The lowest BCUT2D eigenvalue weighted by atomic mass is 10.2. The summed E-state index contributed by atoms with van der Waals surface area (Å²) >= 11 is 2.74. The van der Waals surface area contributed by atoms with E-state index in [0.717, 1.165) is 29.8 Å². The van der Waals surface area contributed by atoms with Crippen LogP contribution in [0.4, 0.5) is 5.13 Å². The number of nitrogens with zero attached hydrogens (tertiary/aromatic N) is 4. The molecule has 0 spiro atoms.